The zero-order valence-corrected chi connectivity index (χ0v) is 9.58. The summed E-state index contributed by atoms with van der Waals surface area (Å²) in [6, 6.07) is 10.6. The fraction of sp³-hybridized carbons (Fsp3) is 0.429. The molecule has 1 rings (SSSR count). The maximum Gasteiger partial charge on any atom is 0.00141 e. The molecule has 1 N–H and O–H groups in total. The summed E-state index contributed by atoms with van der Waals surface area (Å²) in [5, 5.41) is 3.36. The Kier molecular flexibility index (Phi) is 5.79. The molecule has 1 nitrogen and oxygen atoms in total. The lowest BCUT2D eigenvalue weighted by Gasteiger charge is -2.12. The molecule has 0 spiro atoms. The highest BCUT2D eigenvalue weighted by atomic mass is 14.8. The largest absolute Gasteiger partial charge is 0.316 e. The first-order chi connectivity index (χ1) is 7.36. The van der Waals surface area contributed by atoms with Crippen molar-refractivity contribution < 1.29 is 0 Å². The van der Waals surface area contributed by atoms with Gasteiger partial charge in [-0.1, -0.05) is 43.3 Å². The average Bonchev–Trinajstić information content (AvgIpc) is 2.31. The van der Waals surface area contributed by atoms with E-state index in [-0.39, 0.29) is 0 Å². The summed E-state index contributed by atoms with van der Waals surface area (Å²) in [4.78, 5) is 0. The predicted octanol–water partition coefficient (Wildman–Crippen LogP) is 3.03. The second-order valence-corrected chi connectivity index (χ2v) is 3.83. The van der Waals surface area contributed by atoms with E-state index in [1.807, 2.05) is 0 Å². The highest BCUT2D eigenvalue weighted by molar-refractivity contribution is 5.14. The van der Waals surface area contributed by atoms with E-state index in [1.54, 1.807) is 0 Å². The standard InChI is InChI=1S/C14H21N/c1-3-13(12-15-4-2)10-11-14-8-6-5-7-9-14/h3,5-9,13,15H,1,4,10-12H2,2H3. The molecule has 0 saturated heterocycles. The van der Waals surface area contributed by atoms with Crippen molar-refractivity contribution in [2.75, 3.05) is 13.1 Å². The number of rotatable bonds is 7. The van der Waals surface area contributed by atoms with Crippen LogP contribution in [0.15, 0.2) is 43.0 Å². The summed E-state index contributed by atoms with van der Waals surface area (Å²) in [5.74, 6) is 0.588. The topological polar surface area (TPSA) is 12.0 Å². The molecule has 0 aliphatic rings. The highest BCUT2D eigenvalue weighted by Crippen LogP contribution is 2.09. The van der Waals surface area contributed by atoms with Crippen LogP contribution in [0.2, 0.25) is 0 Å². The summed E-state index contributed by atoms with van der Waals surface area (Å²) < 4.78 is 0. The van der Waals surface area contributed by atoms with Crippen LogP contribution in [0, 0.1) is 5.92 Å². The third-order valence-corrected chi connectivity index (χ3v) is 2.64. The Balaban J connectivity index is 2.31. The van der Waals surface area contributed by atoms with E-state index < -0.39 is 0 Å². The maximum absolute atomic E-state index is 3.89. The van der Waals surface area contributed by atoms with Crippen molar-refractivity contribution in [1.82, 2.24) is 5.32 Å². The molecule has 0 bridgehead atoms. The summed E-state index contributed by atoms with van der Waals surface area (Å²) in [5.41, 5.74) is 1.42. The molecule has 0 radical (unpaired) electrons. The van der Waals surface area contributed by atoms with Gasteiger partial charge < -0.3 is 5.32 Å². The van der Waals surface area contributed by atoms with E-state index in [2.05, 4.69) is 55.2 Å². The van der Waals surface area contributed by atoms with Gasteiger partial charge in [-0.25, -0.2) is 0 Å². The Morgan fingerprint density at radius 1 is 1.33 bits per heavy atom. The van der Waals surface area contributed by atoms with E-state index >= 15 is 0 Å². The van der Waals surface area contributed by atoms with E-state index in [0.29, 0.717) is 5.92 Å². The van der Waals surface area contributed by atoms with E-state index in [4.69, 9.17) is 0 Å². The van der Waals surface area contributed by atoms with Crippen LogP contribution >= 0.6 is 0 Å². The molecule has 0 aromatic heterocycles. The molecule has 0 aliphatic heterocycles. The normalized spacial score (nSPS) is 12.3. The zero-order valence-electron chi connectivity index (χ0n) is 9.58. The molecular formula is C14H21N. The molecule has 1 atom stereocenters. The van der Waals surface area contributed by atoms with Crippen LogP contribution in [0.1, 0.15) is 18.9 Å². The molecule has 82 valence electrons. The predicted molar refractivity (Wildman–Crippen MR) is 67.0 cm³/mol. The first-order valence-electron chi connectivity index (χ1n) is 5.74. The van der Waals surface area contributed by atoms with Crippen LogP contribution < -0.4 is 5.32 Å². The van der Waals surface area contributed by atoms with Crippen molar-refractivity contribution in [2.45, 2.75) is 19.8 Å². The summed E-state index contributed by atoms with van der Waals surface area (Å²) >= 11 is 0. The lowest BCUT2D eigenvalue weighted by molar-refractivity contribution is 0.535. The van der Waals surface area contributed by atoms with Crippen molar-refractivity contribution in [3.8, 4) is 0 Å². The Labute approximate surface area is 93.2 Å². The number of benzene rings is 1. The molecule has 1 heteroatoms. The average molecular weight is 203 g/mol. The van der Waals surface area contributed by atoms with Crippen LogP contribution in [0.25, 0.3) is 0 Å². The zero-order chi connectivity index (χ0) is 10.9. The Bertz CT molecular complexity index is 266. The Morgan fingerprint density at radius 3 is 2.67 bits per heavy atom. The minimum Gasteiger partial charge on any atom is -0.316 e. The van der Waals surface area contributed by atoms with E-state index in [0.717, 1.165) is 19.5 Å². The van der Waals surface area contributed by atoms with Gasteiger partial charge in [0.1, 0.15) is 0 Å². The van der Waals surface area contributed by atoms with Crippen LogP contribution in [-0.4, -0.2) is 13.1 Å². The van der Waals surface area contributed by atoms with Gasteiger partial charge in [0, 0.05) is 6.54 Å². The quantitative estimate of drug-likeness (QED) is 0.672. The molecule has 1 aromatic carbocycles. The van der Waals surface area contributed by atoms with Crippen molar-refractivity contribution in [3.05, 3.63) is 48.6 Å². The molecule has 15 heavy (non-hydrogen) atoms. The number of aryl methyl sites for hydroxylation is 1. The first kappa shape index (κ1) is 12.0. The van der Waals surface area contributed by atoms with Gasteiger partial charge in [-0.2, -0.15) is 0 Å². The number of hydrogen-bond donors (Lipinski definition) is 1. The van der Waals surface area contributed by atoms with Crippen molar-refractivity contribution in [2.24, 2.45) is 5.92 Å². The van der Waals surface area contributed by atoms with Gasteiger partial charge in [0.25, 0.3) is 0 Å². The van der Waals surface area contributed by atoms with Gasteiger partial charge in [0.15, 0.2) is 0 Å². The van der Waals surface area contributed by atoms with Crippen LogP contribution in [0.5, 0.6) is 0 Å². The molecule has 0 saturated carbocycles. The number of nitrogens with one attached hydrogen (secondary N) is 1. The monoisotopic (exact) mass is 203 g/mol. The van der Waals surface area contributed by atoms with Gasteiger partial charge in [0.05, 0.1) is 0 Å². The summed E-state index contributed by atoms with van der Waals surface area (Å²) in [7, 11) is 0. The van der Waals surface area contributed by atoms with Crippen molar-refractivity contribution >= 4 is 0 Å². The molecule has 1 aromatic rings. The van der Waals surface area contributed by atoms with Gasteiger partial charge in [0.2, 0.25) is 0 Å². The summed E-state index contributed by atoms with van der Waals surface area (Å²) in [6.45, 7) is 8.11. The molecule has 0 aliphatic carbocycles. The van der Waals surface area contributed by atoms with Gasteiger partial charge in [-0.05, 0) is 30.9 Å². The van der Waals surface area contributed by atoms with E-state index in [9.17, 15) is 0 Å². The van der Waals surface area contributed by atoms with Gasteiger partial charge in [-0.15, -0.1) is 6.58 Å². The van der Waals surface area contributed by atoms with Gasteiger partial charge >= 0.3 is 0 Å². The third-order valence-electron chi connectivity index (χ3n) is 2.64. The van der Waals surface area contributed by atoms with Crippen molar-refractivity contribution in [1.29, 1.82) is 0 Å². The lowest BCUT2D eigenvalue weighted by Crippen LogP contribution is -2.21. The summed E-state index contributed by atoms with van der Waals surface area (Å²) in [6.07, 6.45) is 4.38. The SMILES string of the molecule is C=CC(CCc1ccccc1)CNCC. The van der Waals surface area contributed by atoms with Gasteiger partial charge in [-0.3, -0.25) is 0 Å². The molecule has 0 amide bonds. The van der Waals surface area contributed by atoms with Crippen LogP contribution in [0.4, 0.5) is 0 Å². The van der Waals surface area contributed by atoms with Crippen molar-refractivity contribution in [3.63, 3.8) is 0 Å². The smallest absolute Gasteiger partial charge is 0.00141 e. The fourth-order valence-electron chi connectivity index (χ4n) is 1.63. The highest BCUT2D eigenvalue weighted by Gasteiger charge is 2.03. The Hall–Kier alpha value is -1.08. The molecular weight excluding hydrogens is 182 g/mol. The molecule has 0 fully saturated rings. The Morgan fingerprint density at radius 2 is 2.07 bits per heavy atom. The first-order valence-corrected chi connectivity index (χ1v) is 5.74. The second-order valence-electron chi connectivity index (χ2n) is 3.83. The molecule has 0 heterocycles. The lowest BCUT2D eigenvalue weighted by atomic mass is 9.99. The minimum absolute atomic E-state index is 0.588. The minimum atomic E-state index is 0.588. The number of hydrogen-bond acceptors (Lipinski definition) is 1. The fourth-order valence-corrected chi connectivity index (χ4v) is 1.63. The molecule has 1 unspecified atom stereocenters. The van der Waals surface area contributed by atoms with Crippen LogP contribution in [0.3, 0.4) is 0 Å². The third kappa shape index (κ3) is 4.80. The van der Waals surface area contributed by atoms with E-state index in [1.165, 1.54) is 12.0 Å². The second kappa shape index (κ2) is 7.24. The maximum atomic E-state index is 3.89. The van der Waals surface area contributed by atoms with Crippen LogP contribution in [-0.2, 0) is 6.42 Å².